The molecule has 29 heavy (non-hydrogen) atoms. The van der Waals surface area contributed by atoms with Crippen molar-refractivity contribution in [3.8, 4) is 17.2 Å². The lowest BCUT2D eigenvalue weighted by molar-refractivity contribution is -0.124. The van der Waals surface area contributed by atoms with Crippen molar-refractivity contribution in [1.29, 1.82) is 0 Å². The average molecular weight is 414 g/mol. The van der Waals surface area contributed by atoms with Gasteiger partial charge in [-0.1, -0.05) is 18.2 Å². The topological polar surface area (TPSA) is 77.1 Å². The number of nitrogens with zero attached hydrogens (tertiary/aromatic N) is 1. The second kappa shape index (κ2) is 7.87. The minimum Gasteiger partial charge on any atom is -0.497 e. The number of fused-ring (bicyclic) bond motifs is 3. The zero-order valence-corrected chi connectivity index (χ0v) is 17.2. The van der Waals surface area contributed by atoms with E-state index in [1.807, 2.05) is 30.3 Å². The van der Waals surface area contributed by atoms with Crippen molar-refractivity contribution in [1.82, 2.24) is 10.2 Å². The molecule has 1 fully saturated rings. The standard InChI is InChI=1S/C21H22N2O5S/c1-26-13-6-4-12(5-7-13)10-22-19(24)15-11-29-21-14-8-9-16(27-2)18(28-3)17(14)20(25)23(15)21/h4-9,15,21H,10-11H2,1-3H3,(H,22,24)/t15-,21+/m0/s1. The maximum atomic E-state index is 13.2. The molecule has 0 unspecified atom stereocenters. The van der Waals surface area contributed by atoms with Gasteiger partial charge in [-0.15, -0.1) is 11.8 Å². The number of carbonyl (C=O) groups is 2. The lowest BCUT2D eigenvalue weighted by atomic mass is 10.1. The van der Waals surface area contributed by atoms with Crippen LogP contribution in [-0.4, -0.2) is 49.8 Å². The first-order chi connectivity index (χ1) is 14.1. The molecule has 4 rings (SSSR count). The molecule has 0 radical (unpaired) electrons. The molecule has 2 aromatic carbocycles. The van der Waals surface area contributed by atoms with Gasteiger partial charge in [0.05, 0.1) is 26.9 Å². The van der Waals surface area contributed by atoms with E-state index in [9.17, 15) is 9.59 Å². The Labute approximate surface area is 173 Å². The molecule has 8 heteroatoms. The molecule has 7 nitrogen and oxygen atoms in total. The Kier molecular flexibility index (Phi) is 5.27. The first-order valence-corrected chi connectivity index (χ1v) is 10.2. The summed E-state index contributed by atoms with van der Waals surface area (Å²) in [5.41, 5.74) is 2.31. The highest BCUT2D eigenvalue weighted by atomic mass is 32.2. The summed E-state index contributed by atoms with van der Waals surface area (Å²) >= 11 is 1.59. The Hall–Kier alpha value is -2.87. The van der Waals surface area contributed by atoms with Crippen LogP contribution < -0.4 is 19.5 Å². The van der Waals surface area contributed by atoms with E-state index in [1.54, 1.807) is 29.8 Å². The molecule has 1 saturated heterocycles. The number of rotatable bonds is 6. The maximum absolute atomic E-state index is 13.2. The summed E-state index contributed by atoms with van der Waals surface area (Å²) in [4.78, 5) is 27.7. The van der Waals surface area contributed by atoms with Crippen LogP contribution in [0, 0.1) is 0 Å². The molecule has 0 spiro atoms. The summed E-state index contributed by atoms with van der Waals surface area (Å²) in [5, 5.41) is 2.76. The van der Waals surface area contributed by atoms with Crippen molar-refractivity contribution in [3.05, 3.63) is 53.1 Å². The minimum absolute atomic E-state index is 0.164. The van der Waals surface area contributed by atoms with Crippen molar-refractivity contribution >= 4 is 23.6 Å². The van der Waals surface area contributed by atoms with E-state index < -0.39 is 6.04 Å². The first-order valence-electron chi connectivity index (χ1n) is 9.18. The third-order valence-electron chi connectivity index (χ3n) is 5.22. The Morgan fingerprint density at radius 3 is 2.52 bits per heavy atom. The van der Waals surface area contributed by atoms with Crippen LogP contribution in [0.4, 0.5) is 0 Å². The number of amides is 2. The summed E-state index contributed by atoms with van der Waals surface area (Å²) < 4.78 is 15.9. The molecule has 0 saturated carbocycles. The number of methoxy groups -OCH3 is 3. The van der Waals surface area contributed by atoms with Crippen LogP contribution in [0.25, 0.3) is 0 Å². The third-order valence-corrected chi connectivity index (χ3v) is 6.53. The van der Waals surface area contributed by atoms with Crippen LogP contribution in [-0.2, 0) is 11.3 Å². The van der Waals surface area contributed by atoms with Crippen molar-refractivity contribution in [2.75, 3.05) is 27.1 Å². The Bertz CT molecular complexity index is 947. The Morgan fingerprint density at radius 2 is 1.86 bits per heavy atom. The largest absolute Gasteiger partial charge is 0.497 e. The van der Waals surface area contributed by atoms with Crippen LogP contribution in [0.3, 0.4) is 0 Å². The van der Waals surface area contributed by atoms with E-state index in [0.717, 1.165) is 16.9 Å². The smallest absolute Gasteiger partial charge is 0.260 e. The van der Waals surface area contributed by atoms with Crippen LogP contribution >= 0.6 is 11.8 Å². The second-order valence-corrected chi connectivity index (χ2v) is 7.86. The van der Waals surface area contributed by atoms with Gasteiger partial charge in [-0.3, -0.25) is 9.59 Å². The van der Waals surface area contributed by atoms with Crippen molar-refractivity contribution in [3.63, 3.8) is 0 Å². The van der Waals surface area contributed by atoms with E-state index in [-0.39, 0.29) is 17.2 Å². The molecule has 2 aliphatic rings. The summed E-state index contributed by atoms with van der Waals surface area (Å²) in [6.07, 6.45) is 0. The number of hydrogen-bond donors (Lipinski definition) is 1. The fourth-order valence-corrected chi connectivity index (χ4v) is 5.20. The summed E-state index contributed by atoms with van der Waals surface area (Å²) in [7, 11) is 4.66. The van der Waals surface area contributed by atoms with E-state index in [0.29, 0.717) is 29.4 Å². The lowest BCUT2D eigenvalue weighted by Gasteiger charge is -2.22. The van der Waals surface area contributed by atoms with Gasteiger partial charge in [0.15, 0.2) is 11.5 Å². The number of ether oxygens (including phenoxy) is 3. The van der Waals surface area contributed by atoms with Crippen molar-refractivity contribution < 1.29 is 23.8 Å². The Morgan fingerprint density at radius 1 is 1.10 bits per heavy atom. The molecule has 1 N–H and O–H groups in total. The van der Waals surface area contributed by atoms with E-state index in [2.05, 4.69) is 5.32 Å². The monoisotopic (exact) mass is 414 g/mol. The normalized spacial score (nSPS) is 19.6. The SMILES string of the molecule is COc1ccc(CNC(=O)[C@@H]2CS[C@@H]3c4ccc(OC)c(OC)c4C(=O)N32)cc1. The van der Waals surface area contributed by atoms with Gasteiger partial charge in [-0.05, 0) is 23.8 Å². The highest BCUT2D eigenvalue weighted by Crippen LogP contribution is 2.52. The zero-order chi connectivity index (χ0) is 20.5. The summed E-state index contributed by atoms with van der Waals surface area (Å²) in [6.45, 7) is 0.390. The fourth-order valence-electron chi connectivity index (χ4n) is 3.74. The van der Waals surface area contributed by atoms with Gasteiger partial charge in [-0.25, -0.2) is 0 Å². The minimum atomic E-state index is -0.529. The molecule has 0 aliphatic carbocycles. The molecule has 0 aromatic heterocycles. The zero-order valence-electron chi connectivity index (χ0n) is 16.4. The summed E-state index contributed by atoms with van der Waals surface area (Å²) in [6, 6.07) is 10.7. The molecule has 2 heterocycles. The molecule has 2 amide bonds. The van der Waals surface area contributed by atoms with E-state index in [4.69, 9.17) is 14.2 Å². The van der Waals surface area contributed by atoms with Crippen LogP contribution in [0.2, 0.25) is 0 Å². The quantitative estimate of drug-likeness (QED) is 0.783. The van der Waals surface area contributed by atoms with Gasteiger partial charge in [0.2, 0.25) is 5.91 Å². The van der Waals surface area contributed by atoms with Gasteiger partial charge in [0.25, 0.3) is 5.91 Å². The van der Waals surface area contributed by atoms with Crippen molar-refractivity contribution in [2.45, 2.75) is 18.0 Å². The summed E-state index contributed by atoms with van der Waals surface area (Å²) in [5.74, 6) is 1.88. The predicted octanol–water partition coefficient (Wildman–Crippen LogP) is 2.60. The van der Waals surface area contributed by atoms with E-state index in [1.165, 1.54) is 14.2 Å². The number of thioether (sulfide) groups is 1. The molecular weight excluding hydrogens is 392 g/mol. The molecular formula is C21H22N2O5S. The van der Waals surface area contributed by atoms with Gasteiger partial charge in [0.1, 0.15) is 17.2 Å². The fraction of sp³-hybridized carbons (Fsp3) is 0.333. The van der Waals surface area contributed by atoms with Gasteiger partial charge in [-0.2, -0.15) is 0 Å². The van der Waals surface area contributed by atoms with Crippen molar-refractivity contribution in [2.24, 2.45) is 0 Å². The van der Waals surface area contributed by atoms with Crippen LogP contribution in [0.15, 0.2) is 36.4 Å². The average Bonchev–Trinajstić information content (AvgIpc) is 3.31. The highest BCUT2D eigenvalue weighted by molar-refractivity contribution is 7.99. The Balaban J connectivity index is 1.51. The molecule has 152 valence electrons. The van der Waals surface area contributed by atoms with E-state index >= 15 is 0 Å². The number of benzene rings is 2. The number of hydrogen-bond acceptors (Lipinski definition) is 6. The molecule has 2 aliphatic heterocycles. The van der Waals surface area contributed by atoms with Crippen LogP contribution in [0.5, 0.6) is 17.2 Å². The van der Waals surface area contributed by atoms with Crippen LogP contribution in [0.1, 0.15) is 26.9 Å². The van der Waals surface area contributed by atoms with Gasteiger partial charge >= 0.3 is 0 Å². The second-order valence-electron chi connectivity index (χ2n) is 6.75. The van der Waals surface area contributed by atoms with Gasteiger partial charge < -0.3 is 24.4 Å². The molecule has 0 bridgehead atoms. The van der Waals surface area contributed by atoms with Gasteiger partial charge in [0, 0.05) is 17.9 Å². The molecule has 2 aromatic rings. The molecule has 2 atom stereocenters. The predicted molar refractivity (Wildman–Crippen MR) is 110 cm³/mol. The highest BCUT2D eigenvalue weighted by Gasteiger charge is 2.50. The lowest BCUT2D eigenvalue weighted by Crippen LogP contribution is -2.45. The third kappa shape index (κ3) is 3.27. The number of nitrogens with one attached hydrogen (secondary N) is 1. The maximum Gasteiger partial charge on any atom is 0.260 e. The first kappa shape index (κ1) is 19.4. The number of carbonyl (C=O) groups excluding carboxylic acids is 2.